The lowest BCUT2D eigenvalue weighted by Gasteiger charge is -2.34. The van der Waals surface area contributed by atoms with Crippen LogP contribution in [0.5, 0.6) is 0 Å². The van der Waals surface area contributed by atoms with Crippen molar-refractivity contribution in [3.8, 4) is 0 Å². The number of nitrogens with zero attached hydrogens (tertiary/aromatic N) is 2. The third-order valence-corrected chi connectivity index (χ3v) is 5.69. The quantitative estimate of drug-likeness (QED) is 0.430. The molecule has 0 saturated carbocycles. The van der Waals surface area contributed by atoms with E-state index in [1.807, 2.05) is 0 Å². The Morgan fingerprint density at radius 3 is 2.51 bits per heavy atom. The van der Waals surface area contributed by atoms with Crippen molar-refractivity contribution in [3.05, 3.63) is 69.1 Å². The summed E-state index contributed by atoms with van der Waals surface area (Å²) in [5.74, 6) is -1.96. The lowest BCUT2D eigenvalue weighted by molar-refractivity contribution is -0.138. The lowest BCUT2D eigenvalue weighted by Crippen LogP contribution is -2.49. The number of rotatable bonds is 10. The number of aliphatic hydroxyl groups is 1. The summed E-state index contributed by atoms with van der Waals surface area (Å²) in [7, 11) is 0. The maximum Gasteiger partial charge on any atom is 0.416 e. The van der Waals surface area contributed by atoms with Gasteiger partial charge in [0.05, 0.1) is 18.6 Å². The zero-order valence-electron chi connectivity index (χ0n) is 18.6. The molecule has 12 heteroatoms. The molecule has 0 spiro atoms. The smallest absolute Gasteiger partial charge is 0.416 e. The molecule has 1 atom stereocenters. The van der Waals surface area contributed by atoms with E-state index in [-0.39, 0.29) is 50.3 Å². The minimum atomic E-state index is -4.82. The Bertz CT molecular complexity index is 1130. The van der Waals surface area contributed by atoms with Crippen LogP contribution in [-0.2, 0) is 28.8 Å². The summed E-state index contributed by atoms with van der Waals surface area (Å²) in [5.41, 5.74) is -1.82. The van der Waals surface area contributed by atoms with Crippen LogP contribution in [0.3, 0.4) is 0 Å². The topological polar surface area (TPSA) is 112 Å². The number of carbonyl (C=O) groups is 2. The Hall–Kier alpha value is -3.25. The summed E-state index contributed by atoms with van der Waals surface area (Å²) in [6.45, 7) is -0.268. The van der Waals surface area contributed by atoms with Gasteiger partial charge in [-0.25, -0.2) is 4.39 Å². The number of carbonyl (C=O) groups excluding carboxylic acids is 1. The second kappa shape index (κ2) is 11.0. The van der Waals surface area contributed by atoms with E-state index in [0.29, 0.717) is 11.6 Å². The largest absolute Gasteiger partial charge is 0.481 e. The maximum atomic E-state index is 13.7. The predicted octanol–water partition coefficient (Wildman–Crippen LogP) is 1.74. The maximum absolute atomic E-state index is 13.7. The Balaban J connectivity index is 2.04. The molecule has 0 radical (unpaired) electrons. The number of aliphatic carboxylic acids is 1. The van der Waals surface area contributed by atoms with E-state index >= 15 is 0 Å². The molecular weight excluding hydrogens is 474 g/mol. The van der Waals surface area contributed by atoms with E-state index < -0.39 is 47.8 Å². The van der Waals surface area contributed by atoms with Crippen LogP contribution in [-0.4, -0.2) is 63.9 Å². The fourth-order valence-corrected chi connectivity index (χ4v) is 3.91. The van der Waals surface area contributed by atoms with Crippen molar-refractivity contribution in [1.29, 1.82) is 0 Å². The summed E-state index contributed by atoms with van der Waals surface area (Å²) in [6, 6.07) is 5.01. The minimum Gasteiger partial charge on any atom is -0.481 e. The number of alkyl halides is 4. The van der Waals surface area contributed by atoms with Crippen LogP contribution in [0.4, 0.5) is 17.6 Å². The molecule has 3 rings (SSSR count). The lowest BCUT2D eigenvalue weighted by atomic mass is 10.0. The van der Waals surface area contributed by atoms with Crippen LogP contribution in [0.1, 0.15) is 34.7 Å². The van der Waals surface area contributed by atoms with Gasteiger partial charge < -0.3 is 15.5 Å². The van der Waals surface area contributed by atoms with E-state index in [1.54, 1.807) is 11.0 Å². The number of carboxylic acids is 1. The molecule has 1 aliphatic heterocycles. The number of carboxylic acid groups (broad SMARTS) is 1. The van der Waals surface area contributed by atoms with Crippen molar-refractivity contribution < 1.29 is 37.4 Å². The highest BCUT2D eigenvalue weighted by Crippen LogP contribution is 2.32. The van der Waals surface area contributed by atoms with Crippen molar-refractivity contribution in [2.45, 2.75) is 37.8 Å². The van der Waals surface area contributed by atoms with E-state index in [1.165, 1.54) is 18.2 Å². The van der Waals surface area contributed by atoms with Gasteiger partial charge >= 0.3 is 12.1 Å². The Morgan fingerprint density at radius 1 is 1.20 bits per heavy atom. The van der Waals surface area contributed by atoms with Crippen LogP contribution in [0.25, 0.3) is 0 Å². The standard InChI is InChI=1S/C23H25F4N3O5/c24-17-11-29(12-17)7-5-16-10-30(19(32)9-18(16)23(25,26)27)21(22(35)28-6-4-20(33)34)15-3-1-2-14(8-15)13-31/h1-3,8-10,17,21,31H,4-7,11-13H2,(H,28,35)(H,33,34). The molecule has 2 heterocycles. The van der Waals surface area contributed by atoms with Crippen molar-refractivity contribution in [2.24, 2.45) is 0 Å². The number of likely N-dealkylation sites (tertiary alicyclic amines) is 1. The monoisotopic (exact) mass is 499 g/mol. The third-order valence-electron chi connectivity index (χ3n) is 5.69. The molecule has 35 heavy (non-hydrogen) atoms. The van der Waals surface area contributed by atoms with Crippen LogP contribution in [0.2, 0.25) is 0 Å². The van der Waals surface area contributed by atoms with Crippen molar-refractivity contribution in [1.82, 2.24) is 14.8 Å². The predicted molar refractivity (Wildman–Crippen MR) is 117 cm³/mol. The van der Waals surface area contributed by atoms with Gasteiger partial charge in [-0.15, -0.1) is 0 Å². The van der Waals surface area contributed by atoms with Gasteiger partial charge in [0.1, 0.15) is 12.2 Å². The number of halogens is 4. The summed E-state index contributed by atoms with van der Waals surface area (Å²) in [6.07, 6.45) is -5.39. The summed E-state index contributed by atoms with van der Waals surface area (Å²) in [5, 5.41) is 20.7. The SMILES string of the molecule is O=C(O)CCNC(=O)C(c1cccc(CO)c1)n1cc(CCN2CC(F)C2)c(C(F)(F)F)cc1=O. The number of hydrogen-bond donors (Lipinski definition) is 3. The van der Waals surface area contributed by atoms with Gasteiger partial charge in [0.15, 0.2) is 0 Å². The van der Waals surface area contributed by atoms with E-state index in [2.05, 4.69) is 5.32 Å². The second-order valence-corrected chi connectivity index (χ2v) is 8.30. The van der Waals surface area contributed by atoms with Crippen molar-refractivity contribution in [2.75, 3.05) is 26.2 Å². The zero-order chi connectivity index (χ0) is 25.8. The first-order valence-electron chi connectivity index (χ1n) is 10.9. The fourth-order valence-electron chi connectivity index (χ4n) is 3.91. The highest BCUT2D eigenvalue weighted by molar-refractivity contribution is 5.84. The molecule has 1 aliphatic rings. The minimum absolute atomic E-state index is 0.115. The number of benzene rings is 1. The summed E-state index contributed by atoms with van der Waals surface area (Å²) in [4.78, 5) is 38.3. The average molecular weight is 499 g/mol. The molecule has 0 bridgehead atoms. The highest BCUT2D eigenvalue weighted by atomic mass is 19.4. The molecule has 1 amide bonds. The van der Waals surface area contributed by atoms with Gasteiger partial charge in [0.2, 0.25) is 5.91 Å². The first kappa shape index (κ1) is 26.4. The van der Waals surface area contributed by atoms with Gasteiger partial charge in [-0.2, -0.15) is 13.2 Å². The number of pyridine rings is 1. The van der Waals surface area contributed by atoms with Crippen LogP contribution in [0, 0.1) is 0 Å². The number of hydrogen-bond acceptors (Lipinski definition) is 5. The van der Waals surface area contributed by atoms with E-state index in [9.17, 15) is 37.1 Å². The van der Waals surface area contributed by atoms with Crippen LogP contribution < -0.4 is 10.9 Å². The van der Waals surface area contributed by atoms with Gasteiger partial charge in [0, 0.05) is 38.4 Å². The number of aromatic nitrogens is 1. The summed E-state index contributed by atoms with van der Waals surface area (Å²) >= 11 is 0. The van der Waals surface area contributed by atoms with Gasteiger partial charge in [-0.1, -0.05) is 24.3 Å². The molecule has 1 aromatic heterocycles. The van der Waals surface area contributed by atoms with E-state index in [0.717, 1.165) is 10.8 Å². The highest BCUT2D eigenvalue weighted by Gasteiger charge is 2.36. The number of amides is 1. The van der Waals surface area contributed by atoms with Crippen LogP contribution in [0.15, 0.2) is 41.3 Å². The summed E-state index contributed by atoms with van der Waals surface area (Å²) < 4.78 is 55.0. The van der Waals surface area contributed by atoms with Crippen molar-refractivity contribution >= 4 is 11.9 Å². The van der Waals surface area contributed by atoms with Crippen molar-refractivity contribution in [3.63, 3.8) is 0 Å². The third kappa shape index (κ3) is 6.67. The molecule has 2 aromatic rings. The fraction of sp³-hybridized carbons (Fsp3) is 0.435. The zero-order valence-corrected chi connectivity index (χ0v) is 18.6. The van der Waals surface area contributed by atoms with Gasteiger partial charge in [-0.3, -0.25) is 23.9 Å². The average Bonchev–Trinajstić information content (AvgIpc) is 2.76. The number of nitrogens with one attached hydrogen (secondary N) is 1. The first-order chi connectivity index (χ1) is 16.5. The molecule has 1 unspecified atom stereocenters. The normalized spacial score (nSPS) is 15.5. The van der Waals surface area contributed by atoms with E-state index in [4.69, 9.17) is 5.11 Å². The molecule has 1 aromatic carbocycles. The molecule has 1 fully saturated rings. The first-order valence-corrected chi connectivity index (χ1v) is 10.9. The van der Waals surface area contributed by atoms with Gasteiger partial charge in [-0.05, 0) is 23.1 Å². The Morgan fingerprint density at radius 2 is 1.91 bits per heavy atom. The Kier molecular flexibility index (Phi) is 8.28. The molecular formula is C23H25F4N3O5. The second-order valence-electron chi connectivity index (χ2n) is 8.30. The van der Waals surface area contributed by atoms with Gasteiger partial charge in [0.25, 0.3) is 5.56 Å². The molecule has 0 aliphatic carbocycles. The number of aliphatic hydroxyl groups excluding tert-OH is 1. The molecule has 3 N–H and O–H groups in total. The molecule has 190 valence electrons. The van der Waals surface area contributed by atoms with Crippen LogP contribution >= 0.6 is 0 Å². The molecule has 1 saturated heterocycles. The Labute approximate surface area is 197 Å². The molecule has 8 nitrogen and oxygen atoms in total.